The molecular weight excluding hydrogens is 266 g/mol. The van der Waals surface area contributed by atoms with Gasteiger partial charge in [-0.15, -0.1) is 0 Å². The molecule has 5 heteroatoms. The van der Waals surface area contributed by atoms with E-state index in [-0.39, 0.29) is 23.0 Å². The second-order valence-electron chi connectivity index (χ2n) is 6.32. The van der Waals surface area contributed by atoms with Gasteiger partial charge in [0.05, 0.1) is 17.9 Å². The number of hydrogen-bond acceptors (Lipinski definition) is 5. The van der Waals surface area contributed by atoms with E-state index < -0.39 is 0 Å². The van der Waals surface area contributed by atoms with E-state index in [0.29, 0.717) is 11.7 Å². The SMILES string of the molecule is Cc1cc(-c2noc(C3C(C#N)C3(C)C)n2)cc(C)c1O. The summed E-state index contributed by atoms with van der Waals surface area (Å²) in [6.07, 6.45) is 0. The topological polar surface area (TPSA) is 82.9 Å². The van der Waals surface area contributed by atoms with Crippen molar-refractivity contribution in [2.45, 2.75) is 33.6 Å². The highest BCUT2D eigenvalue weighted by Crippen LogP contribution is 2.63. The maximum absolute atomic E-state index is 9.82. The van der Waals surface area contributed by atoms with Crippen LogP contribution in [0, 0.1) is 36.5 Å². The molecule has 0 aliphatic heterocycles. The van der Waals surface area contributed by atoms with Crippen molar-refractivity contribution in [2.75, 3.05) is 0 Å². The zero-order valence-corrected chi connectivity index (χ0v) is 12.5. The van der Waals surface area contributed by atoms with Gasteiger partial charge in [-0.05, 0) is 42.5 Å². The van der Waals surface area contributed by atoms with E-state index in [9.17, 15) is 5.11 Å². The monoisotopic (exact) mass is 283 g/mol. The van der Waals surface area contributed by atoms with Gasteiger partial charge in [-0.1, -0.05) is 19.0 Å². The fraction of sp³-hybridized carbons (Fsp3) is 0.438. The maximum Gasteiger partial charge on any atom is 0.232 e. The molecule has 1 saturated carbocycles. The lowest BCUT2D eigenvalue weighted by molar-refractivity contribution is 0.368. The molecule has 1 N–H and O–H groups in total. The number of aromatic nitrogens is 2. The maximum atomic E-state index is 9.82. The van der Waals surface area contributed by atoms with E-state index in [4.69, 9.17) is 9.78 Å². The van der Waals surface area contributed by atoms with Crippen LogP contribution >= 0.6 is 0 Å². The Kier molecular flexibility index (Phi) is 2.80. The lowest BCUT2D eigenvalue weighted by Crippen LogP contribution is -1.91. The summed E-state index contributed by atoms with van der Waals surface area (Å²) in [5, 5.41) is 23.0. The third-order valence-corrected chi connectivity index (χ3v) is 4.42. The minimum Gasteiger partial charge on any atom is -0.507 e. The van der Waals surface area contributed by atoms with Gasteiger partial charge in [-0.2, -0.15) is 10.2 Å². The molecule has 0 radical (unpaired) electrons. The number of rotatable bonds is 2. The Morgan fingerprint density at radius 1 is 1.29 bits per heavy atom. The molecule has 1 aliphatic carbocycles. The van der Waals surface area contributed by atoms with Crippen molar-refractivity contribution in [1.82, 2.24) is 10.1 Å². The number of phenols is 1. The summed E-state index contributed by atoms with van der Waals surface area (Å²) in [6.45, 7) is 7.74. The molecule has 2 unspecified atom stereocenters. The summed E-state index contributed by atoms with van der Waals surface area (Å²) in [5.41, 5.74) is 2.25. The number of phenolic OH excluding ortho intramolecular Hbond substituents is 1. The van der Waals surface area contributed by atoms with E-state index >= 15 is 0 Å². The molecule has 3 rings (SSSR count). The van der Waals surface area contributed by atoms with Crippen LogP contribution in [0.4, 0.5) is 0 Å². The Bertz CT molecular complexity index is 732. The molecule has 0 bridgehead atoms. The lowest BCUT2D eigenvalue weighted by atomic mass is 10.1. The zero-order valence-electron chi connectivity index (χ0n) is 12.5. The van der Waals surface area contributed by atoms with E-state index in [1.165, 1.54) is 0 Å². The minimum absolute atomic E-state index is 0.00283. The molecule has 108 valence electrons. The molecule has 1 fully saturated rings. The normalized spacial score (nSPS) is 22.8. The summed E-state index contributed by atoms with van der Waals surface area (Å²) in [4.78, 5) is 4.44. The summed E-state index contributed by atoms with van der Waals surface area (Å²) in [7, 11) is 0. The average Bonchev–Trinajstić information content (AvgIpc) is 2.78. The standard InChI is InChI=1S/C16H17N3O2/c1-8-5-10(6-9(2)13(8)20)14-18-15(21-19-14)12-11(7-17)16(12,3)4/h5-6,11-12,20H,1-4H3. The smallest absolute Gasteiger partial charge is 0.232 e. The van der Waals surface area contributed by atoms with Crippen molar-refractivity contribution in [1.29, 1.82) is 5.26 Å². The molecule has 1 aromatic carbocycles. The number of aromatic hydroxyl groups is 1. The van der Waals surface area contributed by atoms with Gasteiger partial charge in [-0.3, -0.25) is 0 Å². The quantitative estimate of drug-likeness (QED) is 0.914. The van der Waals surface area contributed by atoms with Crippen LogP contribution in [-0.4, -0.2) is 15.2 Å². The average molecular weight is 283 g/mol. The first kappa shape index (κ1) is 13.6. The number of benzene rings is 1. The van der Waals surface area contributed by atoms with E-state index in [2.05, 4.69) is 16.2 Å². The highest BCUT2D eigenvalue weighted by Gasteiger charge is 2.62. The third kappa shape index (κ3) is 1.99. The first-order valence-electron chi connectivity index (χ1n) is 6.90. The molecule has 5 nitrogen and oxygen atoms in total. The van der Waals surface area contributed by atoms with Crippen molar-refractivity contribution in [3.63, 3.8) is 0 Å². The largest absolute Gasteiger partial charge is 0.507 e. The molecule has 0 saturated heterocycles. The van der Waals surface area contributed by atoms with Crippen molar-refractivity contribution in [3.8, 4) is 23.2 Å². The molecular formula is C16H17N3O2. The van der Waals surface area contributed by atoms with Crippen LogP contribution in [0.3, 0.4) is 0 Å². The molecule has 2 aromatic rings. The van der Waals surface area contributed by atoms with Crippen molar-refractivity contribution >= 4 is 0 Å². The Hall–Kier alpha value is -2.35. The van der Waals surface area contributed by atoms with Crippen LogP contribution in [0.2, 0.25) is 0 Å². The second-order valence-corrected chi connectivity index (χ2v) is 6.32. The van der Waals surface area contributed by atoms with Crippen LogP contribution in [0.25, 0.3) is 11.4 Å². The summed E-state index contributed by atoms with van der Waals surface area (Å²) in [5.74, 6) is 1.23. The number of aryl methyl sites for hydroxylation is 2. The van der Waals surface area contributed by atoms with Crippen LogP contribution in [0.1, 0.15) is 36.8 Å². The predicted molar refractivity (Wildman–Crippen MR) is 76.5 cm³/mol. The molecule has 1 heterocycles. The molecule has 1 aliphatic rings. The predicted octanol–water partition coefficient (Wildman–Crippen LogP) is 3.32. The second kappa shape index (κ2) is 4.32. The fourth-order valence-electron chi connectivity index (χ4n) is 2.90. The summed E-state index contributed by atoms with van der Waals surface area (Å²) >= 11 is 0. The molecule has 21 heavy (non-hydrogen) atoms. The van der Waals surface area contributed by atoms with Crippen molar-refractivity contribution in [3.05, 3.63) is 29.2 Å². The highest BCUT2D eigenvalue weighted by molar-refractivity contribution is 5.60. The van der Waals surface area contributed by atoms with Crippen LogP contribution in [-0.2, 0) is 0 Å². The molecule has 0 amide bonds. The van der Waals surface area contributed by atoms with E-state index in [1.807, 2.05) is 39.8 Å². The van der Waals surface area contributed by atoms with Gasteiger partial charge in [0, 0.05) is 5.56 Å². The Morgan fingerprint density at radius 3 is 2.43 bits per heavy atom. The Labute approximate surface area is 123 Å². The first-order chi connectivity index (χ1) is 9.86. The highest BCUT2D eigenvalue weighted by atomic mass is 16.5. The first-order valence-corrected chi connectivity index (χ1v) is 6.90. The summed E-state index contributed by atoms with van der Waals surface area (Å²) in [6, 6.07) is 5.95. The number of nitriles is 1. The molecule has 0 spiro atoms. The van der Waals surface area contributed by atoms with Gasteiger partial charge >= 0.3 is 0 Å². The van der Waals surface area contributed by atoms with Gasteiger partial charge in [0.25, 0.3) is 0 Å². The van der Waals surface area contributed by atoms with Gasteiger partial charge in [-0.25, -0.2) is 0 Å². The van der Waals surface area contributed by atoms with Crippen LogP contribution in [0.15, 0.2) is 16.7 Å². The zero-order chi connectivity index (χ0) is 15.4. The minimum atomic E-state index is -0.112. The number of nitrogens with zero attached hydrogens (tertiary/aromatic N) is 3. The Balaban J connectivity index is 1.95. The molecule has 1 aromatic heterocycles. The van der Waals surface area contributed by atoms with E-state index in [1.54, 1.807) is 0 Å². The number of hydrogen-bond donors (Lipinski definition) is 1. The lowest BCUT2D eigenvalue weighted by Gasteiger charge is -2.04. The molecule has 2 atom stereocenters. The van der Waals surface area contributed by atoms with Gasteiger partial charge in [0.2, 0.25) is 11.7 Å². The summed E-state index contributed by atoms with van der Waals surface area (Å²) < 4.78 is 5.35. The fourth-order valence-corrected chi connectivity index (χ4v) is 2.90. The Morgan fingerprint density at radius 2 is 1.90 bits per heavy atom. The van der Waals surface area contributed by atoms with Crippen molar-refractivity contribution in [2.24, 2.45) is 11.3 Å². The third-order valence-electron chi connectivity index (χ3n) is 4.42. The van der Waals surface area contributed by atoms with Crippen LogP contribution < -0.4 is 0 Å². The van der Waals surface area contributed by atoms with Crippen LogP contribution in [0.5, 0.6) is 5.75 Å². The van der Waals surface area contributed by atoms with Gasteiger partial charge in [0.15, 0.2) is 0 Å². The van der Waals surface area contributed by atoms with Gasteiger partial charge in [0.1, 0.15) is 5.75 Å². The van der Waals surface area contributed by atoms with Gasteiger partial charge < -0.3 is 9.63 Å². The van der Waals surface area contributed by atoms with E-state index in [0.717, 1.165) is 16.7 Å². The van der Waals surface area contributed by atoms with Crippen molar-refractivity contribution < 1.29 is 9.63 Å².